The molecule has 0 radical (unpaired) electrons. The van der Waals surface area contributed by atoms with E-state index in [9.17, 15) is 4.79 Å². The van der Waals surface area contributed by atoms with Crippen LogP contribution in [0.25, 0.3) is 0 Å². The number of carbonyl (C=O) groups is 1. The number of nitrogens with zero attached hydrogens (tertiary/aromatic N) is 2. The normalized spacial score (nSPS) is 12.8. The van der Waals surface area contributed by atoms with Crippen LogP contribution in [-0.4, -0.2) is 15.3 Å². The molecule has 1 unspecified atom stereocenters. The van der Waals surface area contributed by atoms with Gasteiger partial charge < -0.3 is 4.57 Å². The van der Waals surface area contributed by atoms with Gasteiger partial charge in [0.25, 0.3) is 0 Å². The fourth-order valence-corrected chi connectivity index (χ4v) is 1.14. The van der Waals surface area contributed by atoms with Crippen molar-refractivity contribution >= 4 is 5.78 Å². The van der Waals surface area contributed by atoms with Crippen LogP contribution in [0.3, 0.4) is 0 Å². The summed E-state index contributed by atoms with van der Waals surface area (Å²) >= 11 is 0. The highest BCUT2D eigenvalue weighted by atomic mass is 16.1. The zero-order valence-corrected chi connectivity index (χ0v) is 8.45. The van der Waals surface area contributed by atoms with E-state index in [0.717, 1.165) is 12.1 Å². The second-order valence-electron chi connectivity index (χ2n) is 3.48. The number of ketones is 1. The van der Waals surface area contributed by atoms with Gasteiger partial charge in [0.1, 0.15) is 5.78 Å². The summed E-state index contributed by atoms with van der Waals surface area (Å²) in [4.78, 5) is 15.6. The van der Waals surface area contributed by atoms with E-state index in [2.05, 4.69) is 4.98 Å². The summed E-state index contributed by atoms with van der Waals surface area (Å²) in [5.74, 6) is 0.434. The molecule has 0 spiro atoms. The van der Waals surface area contributed by atoms with Gasteiger partial charge in [0.05, 0.1) is 18.4 Å². The lowest BCUT2D eigenvalue weighted by Gasteiger charge is -2.04. The smallest absolute Gasteiger partial charge is 0.141 e. The number of imidazole rings is 1. The molecule has 13 heavy (non-hydrogen) atoms. The average molecular weight is 180 g/mol. The Labute approximate surface area is 78.8 Å². The summed E-state index contributed by atoms with van der Waals surface area (Å²) in [6.07, 6.45) is 4.99. The predicted octanol–water partition coefficient (Wildman–Crippen LogP) is 1.58. The van der Waals surface area contributed by atoms with Crippen molar-refractivity contribution in [3.8, 4) is 0 Å². The first kappa shape index (κ1) is 9.96. The molecule has 3 nitrogen and oxygen atoms in total. The Hall–Kier alpha value is -1.12. The Morgan fingerprint density at radius 1 is 1.69 bits per heavy atom. The summed E-state index contributed by atoms with van der Waals surface area (Å²) in [6, 6.07) is 0. The van der Waals surface area contributed by atoms with Crippen LogP contribution in [0.4, 0.5) is 0 Å². The summed E-state index contributed by atoms with van der Waals surface area (Å²) < 4.78 is 1.86. The molecule has 72 valence electrons. The molecule has 0 N–H and O–H groups in total. The fourth-order valence-electron chi connectivity index (χ4n) is 1.14. The maximum absolute atomic E-state index is 11.5. The minimum absolute atomic E-state index is 0.155. The first-order valence-corrected chi connectivity index (χ1v) is 4.63. The van der Waals surface area contributed by atoms with Crippen LogP contribution in [-0.2, 0) is 18.3 Å². The molecule has 0 bridgehead atoms. The summed E-state index contributed by atoms with van der Waals surface area (Å²) in [5, 5.41) is 0. The number of hydrogen-bond donors (Lipinski definition) is 0. The van der Waals surface area contributed by atoms with Crippen LogP contribution in [0, 0.1) is 5.92 Å². The zero-order valence-electron chi connectivity index (χ0n) is 8.45. The van der Waals surface area contributed by atoms with E-state index in [0.29, 0.717) is 6.42 Å². The van der Waals surface area contributed by atoms with Crippen LogP contribution >= 0.6 is 0 Å². The lowest BCUT2D eigenvalue weighted by Crippen LogP contribution is -2.12. The number of aryl methyl sites for hydroxylation is 1. The van der Waals surface area contributed by atoms with E-state index in [4.69, 9.17) is 0 Å². The molecule has 0 fully saturated rings. The van der Waals surface area contributed by atoms with Gasteiger partial charge in [-0.1, -0.05) is 13.8 Å². The Morgan fingerprint density at radius 3 is 2.85 bits per heavy atom. The van der Waals surface area contributed by atoms with E-state index in [1.165, 1.54) is 0 Å². The summed E-state index contributed by atoms with van der Waals surface area (Å²) in [7, 11) is 1.91. The Balaban J connectivity index is 2.54. The average Bonchev–Trinajstić information content (AvgIpc) is 2.49. The van der Waals surface area contributed by atoms with Crippen LogP contribution in [0.15, 0.2) is 12.5 Å². The highest BCUT2D eigenvalue weighted by Crippen LogP contribution is 2.06. The molecule has 1 heterocycles. The third-order valence-corrected chi connectivity index (χ3v) is 2.28. The highest BCUT2D eigenvalue weighted by Gasteiger charge is 2.12. The third-order valence-electron chi connectivity index (χ3n) is 2.28. The van der Waals surface area contributed by atoms with Crippen molar-refractivity contribution in [2.45, 2.75) is 26.7 Å². The molecule has 3 heteroatoms. The second-order valence-corrected chi connectivity index (χ2v) is 3.48. The van der Waals surface area contributed by atoms with Gasteiger partial charge in [-0.25, -0.2) is 4.98 Å². The number of Topliss-reactive ketones (excluding diaryl/α,β-unsaturated/α-hetero) is 1. The van der Waals surface area contributed by atoms with Gasteiger partial charge in [0.2, 0.25) is 0 Å². The molecule has 1 aromatic rings. The van der Waals surface area contributed by atoms with Gasteiger partial charge >= 0.3 is 0 Å². The topological polar surface area (TPSA) is 34.9 Å². The SMILES string of the molecule is CCC(C)C(=O)Cc1cn(C)cn1. The Morgan fingerprint density at radius 2 is 2.38 bits per heavy atom. The Bertz CT molecular complexity index is 291. The molecule has 0 saturated heterocycles. The van der Waals surface area contributed by atoms with Gasteiger partial charge in [0.15, 0.2) is 0 Å². The van der Waals surface area contributed by atoms with Crippen molar-refractivity contribution in [2.24, 2.45) is 13.0 Å². The van der Waals surface area contributed by atoms with E-state index in [1.54, 1.807) is 6.33 Å². The predicted molar refractivity (Wildman–Crippen MR) is 51.4 cm³/mol. The molecule has 0 aliphatic rings. The monoisotopic (exact) mass is 180 g/mol. The highest BCUT2D eigenvalue weighted by molar-refractivity contribution is 5.82. The number of hydrogen-bond acceptors (Lipinski definition) is 2. The molecule has 0 aromatic carbocycles. The van der Waals surface area contributed by atoms with Crippen LogP contribution in [0.5, 0.6) is 0 Å². The fraction of sp³-hybridized carbons (Fsp3) is 0.600. The first-order valence-electron chi connectivity index (χ1n) is 4.63. The lowest BCUT2D eigenvalue weighted by molar-refractivity contribution is -0.121. The lowest BCUT2D eigenvalue weighted by atomic mass is 10.0. The van der Waals surface area contributed by atoms with E-state index >= 15 is 0 Å². The van der Waals surface area contributed by atoms with Crippen molar-refractivity contribution in [3.05, 3.63) is 18.2 Å². The molecule has 0 aliphatic carbocycles. The summed E-state index contributed by atoms with van der Waals surface area (Å²) in [5.41, 5.74) is 0.868. The number of aromatic nitrogens is 2. The molecule has 1 aromatic heterocycles. The van der Waals surface area contributed by atoms with Crippen LogP contribution < -0.4 is 0 Å². The van der Waals surface area contributed by atoms with Crippen molar-refractivity contribution in [2.75, 3.05) is 0 Å². The van der Waals surface area contributed by atoms with E-state index < -0.39 is 0 Å². The van der Waals surface area contributed by atoms with Gasteiger partial charge in [-0.3, -0.25) is 4.79 Å². The minimum Gasteiger partial charge on any atom is -0.340 e. The maximum atomic E-state index is 11.5. The molecule has 0 saturated carbocycles. The minimum atomic E-state index is 0.155. The standard InChI is InChI=1S/C10H16N2O/c1-4-8(2)10(13)5-9-6-12(3)7-11-9/h6-8H,4-5H2,1-3H3. The van der Waals surface area contributed by atoms with E-state index in [-0.39, 0.29) is 11.7 Å². The Kier molecular flexibility index (Phi) is 3.23. The number of carbonyl (C=O) groups excluding carboxylic acids is 1. The van der Waals surface area contributed by atoms with Crippen LogP contribution in [0.2, 0.25) is 0 Å². The first-order chi connectivity index (χ1) is 6.13. The van der Waals surface area contributed by atoms with Gasteiger partial charge in [0, 0.05) is 19.2 Å². The third kappa shape index (κ3) is 2.68. The van der Waals surface area contributed by atoms with Gasteiger partial charge in [-0.05, 0) is 6.42 Å². The largest absolute Gasteiger partial charge is 0.340 e. The maximum Gasteiger partial charge on any atom is 0.141 e. The van der Waals surface area contributed by atoms with Crippen molar-refractivity contribution in [1.29, 1.82) is 0 Å². The molecule has 1 atom stereocenters. The van der Waals surface area contributed by atoms with Crippen molar-refractivity contribution < 1.29 is 4.79 Å². The zero-order chi connectivity index (χ0) is 9.84. The van der Waals surface area contributed by atoms with Crippen molar-refractivity contribution in [1.82, 2.24) is 9.55 Å². The molecule has 0 amide bonds. The van der Waals surface area contributed by atoms with E-state index in [1.807, 2.05) is 31.7 Å². The molecule has 0 aliphatic heterocycles. The summed E-state index contributed by atoms with van der Waals surface area (Å²) in [6.45, 7) is 3.99. The molecule has 1 rings (SSSR count). The number of rotatable bonds is 4. The van der Waals surface area contributed by atoms with Gasteiger partial charge in [-0.2, -0.15) is 0 Å². The molecular formula is C10H16N2O. The quantitative estimate of drug-likeness (QED) is 0.705. The van der Waals surface area contributed by atoms with Crippen LogP contribution in [0.1, 0.15) is 26.0 Å². The molecular weight excluding hydrogens is 164 g/mol. The van der Waals surface area contributed by atoms with Gasteiger partial charge in [-0.15, -0.1) is 0 Å². The second kappa shape index (κ2) is 4.21. The van der Waals surface area contributed by atoms with Crippen molar-refractivity contribution in [3.63, 3.8) is 0 Å².